The van der Waals surface area contributed by atoms with E-state index in [0.29, 0.717) is 10.6 Å². The smallest absolute Gasteiger partial charge is 0.345 e. The summed E-state index contributed by atoms with van der Waals surface area (Å²) in [5, 5.41) is 9.76. The largest absolute Gasteiger partial charge is 0.477 e. The van der Waals surface area contributed by atoms with Crippen molar-refractivity contribution in [3.63, 3.8) is 0 Å². The molecule has 0 saturated carbocycles. The zero-order valence-corrected chi connectivity index (χ0v) is 8.39. The number of aryl methyl sites for hydroxylation is 1. The molecule has 0 unspecified atom stereocenters. The minimum Gasteiger partial charge on any atom is -0.477 e. The molecule has 1 heterocycles. The number of rotatable bonds is 1. The van der Waals surface area contributed by atoms with E-state index >= 15 is 0 Å². The maximum absolute atomic E-state index is 10.7. The van der Waals surface area contributed by atoms with E-state index in [9.17, 15) is 4.79 Å². The van der Waals surface area contributed by atoms with Crippen LogP contribution in [0.2, 0.25) is 0 Å². The first kappa shape index (κ1) is 9.02. The van der Waals surface area contributed by atoms with Crippen molar-refractivity contribution < 1.29 is 9.90 Å². The Morgan fingerprint density at radius 2 is 2.21 bits per heavy atom. The molecule has 0 atom stereocenters. The molecule has 0 aliphatic carbocycles. The molecule has 0 aliphatic heterocycles. The van der Waals surface area contributed by atoms with Crippen LogP contribution in [0.3, 0.4) is 0 Å². The van der Waals surface area contributed by atoms with Gasteiger partial charge < -0.3 is 10.8 Å². The van der Waals surface area contributed by atoms with Gasteiger partial charge in [0.2, 0.25) is 0 Å². The molecule has 0 fully saturated rings. The van der Waals surface area contributed by atoms with Gasteiger partial charge in [-0.3, -0.25) is 0 Å². The number of thiophene rings is 1. The van der Waals surface area contributed by atoms with Crippen LogP contribution in [-0.2, 0) is 0 Å². The Bertz CT molecular complexity index is 516. The maximum atomic E-state index is 10.7. The summed E-state index contributed by atoms with van der Waals surface area (Å²) in [4.78, 5) is 11.1. The van der Waals surface area contributed by atoms with E-state index in [1.165, 1.54) is 11.3 Å². The lowest BCUT2D eigenvalue weighted by Crippen LogP contribution is -1.90. The highest BCUT2D eigenvalue weighted by molar-refractivity contribution is 7.20. The third kappa shape index (κ3) is 1.24. The molecule has 0 aliphatic rings. The van der Waals surface area contributed by atoms with Crippen molar-refractivity contribution in [3.05, 3.63) is 28.6 Å². The standard InChI is InChI=1S/C10H9NO2S/c1-5-6-4-9(10(12)13)14-8(6)3-2-7(5)11/h2-4H,11H2,1H3,(H,12,13). The van der Waals surface area contributed by atoms with Crippen molar-refractivity contribution in [2.45, 2.75) is 6.92 Å². The Morgan fingerprint density at radius 1 is 1.50 bits per heavy atom. The summed E-state index contributed by atoms with van der Waals surface area (Å²) in [6.45, 7) is 1.90. The van der Waals surface area contributed by atoms with Crippen LogP contribution in [0.1, 0.15) is 15.2 Å². The van der Waals surface area contributed by atoms with Gasteiger partial charge in [0.25, 0.3) is 0 Å². The van der Waals surface area contributed by atoms with Gasteiger partial charge in [0.05, 0.1) is 0 Å². The van der Waals surface area contributed by atoms with Gasteiger partial charge >= 0.3 is 5.97 Å². The number of aromatic carboxylic acids is 1. The van der Waals surface area contributed by atoms with E-state index in [1.54, 1.807) is 12.1 Å². The maximum Gasteiger partial charge on any atom is 0.345 e. The van der Waals surface area contributed by atoms with Crippen LogP contribution in [0.25, 0.3) is 10.1 Å². The fourth-order valence-corrected chi connectivity index (χ4v) is 2.33. The first-order valence-electron chi connectivity index (χ1n) is 4.11. The number of benzene rings is 1. The molecule has 2 rings (SSSR count). The third-order valence-electron chi connectivity index (χ3n) is 2.22. The Morgan fingerprint density at radius 3 is 2.86 bits per heavy atom. The number of anilines is 1. The SMILES string of the molecule is Cc1c(N)ccc2sc(C(=O)O)cc12. The van der Waals surface area contributed by atoms with Gasteiger partial charge in [-0.1, -0.05) is 0 Å². The van der Waals surface area contributed by atoms with Gasteiger partial charge in [0, 0.05) is 10.4 Å². The minimum absolute atomic E-state index is 0.355. The molecule has 14 heavy (non-hydrogen) atoms. The number of fused-ring (bicyclic) bond motifs is 1. The van der Waals surface area contributed by atoms with Crippen LogP contribution < -0.4 is 5.73 Å². The van der Waals surface area contributed by atoms with Crippen LogP contribution >= 0.6 is 11.3 Å². The average Bonchev–Trinajstić information content (AvgIpc) is 2.56. The summed E-state index contributed by atoms with van der Waals surface area (Å²) in [7, 11) is 0. The van der Waals surface area contributed by atoms with E-state index in [1.807, 2.05) is 13.0 Å². The van der Waals surface area contributed by atoms with Crippen molar-refractivity contribution in [2.24, 2.45) is 0 Å². The summed E-state index contributed by atoms with van der Waals surface area (Å²) in [6, 6.07) is 5.34. The molecule has 4 heteroatoms. The molecule has 3 N–H and O–H groups in total. The Balaban J connectivity index is 2.77. The molecule has 1 aromatic carbocycles. The highest BCUT2D eigenvalue weighted by Gasteiger charge is 2.10. The van der Waals surface area contributed by atoms with Crippen molar-refractivity contribution >= 4 is 33.1 Å². The van der Waals surface area contributed by atoms with Gasteiger partial charge in [-0.05, 0) is 36.1 Å². The first-order chi connectivity index (χ1) is 6.59. The second-order valence-electron chi connectivity index (χ2n) is 3.11. The van der Waals surface area contributed by atoms with Gasteiger partial charge in [-0.2, -0.15) is 0 Å². The van der Waals surface area contributed by atoms with Crippen molar-refractivity contribution in [2.75, 3.05) is 5.73 Å². The van der Waals surface area contributed by atoms with E-state index < -0.39 is 5.97 Å². The Labute approximate surface area is 84.8 Å². The zero-order valence-electron chi connectivity index (χ0n) is 7.57. The number of nitrogens with two attached hydrogens (primary N) is 1. The normalized spacial score (nSPS) is 10.6. The van der Waals surface area contributed by atoms with Crippen molar-refractivity contribution in [1.82, 2.24) is 0 Å². The van der Waals surface area contributed by atoms with Gasteiger partial charge in [-0.25, -0.2) is 4.79 Å². The van der Waals surface area contributed by atoms with Gasteiger partial charge in [-0.15, -0.1) is 11.3 Å². The molecule has 1 aromatic heterocycles. The van der Waals surface area contributed by atoms with E-state index in [0.717, 1.165) is 15.6 Å². The van der Waals surface area contributed by atoms with Gasteiger partial charge in [0.15, 0.2) is 0 Å². The first-order valence-corrected chi connectivity index (χ1v) is 4.93. The van der Waals surface area contributed by atoms with E-state index in [-0.39, 0.29) is 0 Å². The van der Waals surface area contributed by atoms with E-state index in [2.05, 4.69) is 0 Å². The molecule has 0 amide bonds. The topological polar surface area (TPSA) is 63.3 Å². The fourth-order valence-electron chi connectivity index (χ4n) is 1.37. The van der Waals surface area contributed by atoms with Crippen LogP contribution in [-0.4, -0.2) is 11.1 Å². The molecule has 0 radical (unpaired) electrons. The number of carboxylic acid groups (broad SMARTS) is 1. The van der Waals surface area contributed by atoms with Crippen molar-refractivity contribution in [3.8, 4) is 0 Å². The summed E-state index contributed by atoms with van der Waals surface area (Å²) < 4.78 is 0.967. The number of hydrogen-bond donors (Lipinski definition) is 2. The summed E-state index contributed by atoms with van der Waals surface area (Å²) in [5.74, 6) is -0.885. The fraction of sp³-hybridized carbons (Fsp3) is 0.100. The molecule has 0 saturated heterocycles. The quantitative estimate of drug-likeness (QED) is 0.706. The number of nitrogen functional groups attached to an aromatic ring is 1. The van der Waals surface area contributed by atoms with Crippen LogP contribution in [0.5, 0.6) is 0 Å². The van der Waals surface area contributed by atoms with Crippen LogP contribution in [0.4, 0.5) is 5.69 Å². The molecule has 2 aromatic rings. The highest BCUT2D eigenvalue weighted by Crippen LogP contribution is 2.30. The predicted octanol–water partition coefficient (Wildman–Crippen LogP) is 2.49. The predicted molar refractivity (Wildman–Crippen MR) is 57.9 cm³/mol. The van der Waals surface area contributed by atoms with Crippen LogP contribution in [0, 0.1) is 6.92 Å². The number of carbonyl (C=O) groups is 1. The molecular formula is C10H9NO2S. The Kier molecular flexibility index (Phi) is 1.93. The molecule has 0 bridgehead atoms. The molecular weight excluding hydrogens is 198 g/mol. The monoisotopic (exact) mass is 207 g/mol. The van der Waals surface area contributed by atoms with Crippen molar-refractivity contribution in [1.29, 1.82) is 0 Å². The summed E-state index contributed by atoms with van der Waals surface area (Å²) in [6.07, 6.45) is 0. The van der Waals surface area contributed by atoms with Gasteiger partial charge in [0.1, 0.15) is 4.88 Å². The summed E-state index contributed by atoms with van der Waals surface area (Å²) in [5.41, 5.74) is 7.38. The Hall–Kier alpha value is -1.55. The average molecular weight is 207 g/mol. The second-order valence-corrected chi connectivity index (χ2v) is 4.19. The number of hydrogen-bond acceptors (Lipinski definition) is 3. The van der Waals surface area contributed by atoms with E-state index in [4.69, 9.17) is 10.8 Å². The highest BCUT2D eigenvalue weighted by atomic mass is 32.1. The lowest BCUT2D eigenvalue weighted by molar-refractivity contribution is 0.0702. The molecule has 72 valence electrons. The second kappa shape index (κ2) is 2.99. The minimum atomic E-state index is -0.885. The lowest BCUT2D eigenvalue weighted by Gasteiger charge is -1.99. The molecule has 0 spiro atoms. The summed E-state index contributed by atoms with van der Waals surface area (Å²) >= 11 is 1.27. The lowest BCUT2D eigenvalue weighted by atomic mass is 10.1. The third-order valence-corrected chi connectivity index (χ3v) is 3.31. The van der Waals surface area contributed by atoms with Crippen LogP contribution in [0.15, 0.2) is 18.2 Å². The molecule has 3 nitrogen and oxygen atoms in total. The zero-order chi connectivity index (χ0) is 10.3. The number of carboxylic acids is 1.